The lowest BCUT2D eigenvalue weighted by molar-refractivity contribution is -0.130. The lowest BCUT2D eigenvalue weighted by Crippen LogP contribution is -2.41. The van der Waals surface area contributed by atoms with Crippen LogP contribution in [0, 0.1) is 17.6 Å². The molecule has 1 aliphatic carbocycles. The Hall–Kier alpha value is -1.53. The fourth-order valence-corrected chi connectivity index (χ4v) is 2.63. The van der Waals surface area contributed by atoms with Crippen LogP contribution in [0.2, 0.25) is 0 Å². The zero-order chi connectivity index (χ0) is 15.4. The summed E-state index contributed by atoms with van der Waals surface area (Å²) in [7, 11) is 1.49. The number of aliphatic hydroxyl groups excluding tert-OH is 1. The Morgan fingerprint density at radius 2 is 2.05 bits per heavy atom. The molecule has 0 saturated heterocycles. The van der Waals surface area contributed by atoms with Crippen molar-refractivity contribution >= 4 is 5.91 Å². The average molecular weight is 299 g/mol. The first-order valence-electron chi connectivity index (χ1n) is 6.94. The minimum Gasteiger partial charge on any atom is -0.390 e. The molecule has 1 amide bonds. The average Bonchev–Trinajstić information content (AvgIpc) is 2.47. The number of aliphatic hydroxyl groups is 1. The van der Waals surface area contributed by atoms with Gasteiger partial charge in [0, 0.05) is 25.1 Å². The van der Waals surface area contributed by atoms with Gasteiger partial charge in [0.1, 0.15) is 11.6 Å². The fourth-order valence-electron chi connectivity index (χ4n) is 2.63. The van der Waals surface area contributed by atoms with Crippen molar-refractivity contribution in [2.75, 3.05) is 7.11 Å². The Bertz CT molecular complexity index is 489. The molecule has 0 aromatic heterocycles. The first kappa shape index (κ1) is 15.9. The predicted octanol–water partition coefficient (Wildman–Crippen LogP) is 1.76. The highest BCUT2D eigenvalue weighted by Crippen LogP contribution is 2.26. The molecule has 2 N–H and O–H groups in total. The fraction of sp³-hybridized carbons (Fsp3) is 0.533. The molecule has 0 heterocycles. The normalized spacial score (nSPS) is 25.6. The van der Waals surface area contributed by atoms with Crippen molar-refractivity contribution in [2.24, 2.45) is 5.92 Å². The molecule has 4 nitrogen and oxygen atoms in total. The molecule has 1 saturated carbocycles. The molecule has 0 radical (unpaired) electrons. The first-order chi connectivity index (χ1) is 10.0. The van der Waals surface area contributed by atoms with Crippen molar-refractivity contribution in [1.29, 1.82) is 0 Å². The van der Waals surface area contributed by atoms with E-state index in [1.165, 1.54) is 13.2 Å². The molecule has 3 atom stereocenters. The summed E-state index contributed by atoms with van der Waals surface area (Å²) < 4.78 is 32.1. The SMILES string of the molecule is CO[C@@H]1C[C@H](C(=O)NCc2c(F)cccc2F)CC[C@@H]1O. The number of methoxy groups -OCH3 is 1. The molecule has 1 fully saturated rings. The number of carbonyl (C=O) groups excluding carboxylic acids is 1. The highest BCUT2D eigenvalue weighted by Gasteiger charge is 2.32. The Balaban J connectivity index is 1.93. The third kappa shape index (κ3) is 3.77. The van der Waals surface area contributed by atoms with Gasteiger partial charge < -0.3 is 15.2 Å². The zero-order valence-corrected chi connectivity index (χ0v) is 11.8. The van der Waals surface area contributed by atoms with Crippen LogP contribution in [0.4, 0.5) is 8.78 Å². The van der Waals surface area contributed by atoms with Gasteiger partial charge in [-0.05, 0) is 31.4 Å². The summed E-state index contributed by atoms with van der Waals surface area (Å²) in [4.78, 5) is 12.1. The number of hydrogen-bond donors (Lipinski definition) is 2. The van der Waals surface area contributed by atoms with Gasteiger partial charge in [-0.2, -0.15) is 0 Å². The Kier molecular flexibility index (Phi) is 5.25. The third-order valence-electron chi connectivity index (χ3n) is 3.93. The van der Waals surface area contributed by atoms with Crippen LogP contribution in [-0.4, -0.2) is 30.3 Å². The van der Waals surface area contributed by atoms with E-state index in [2.05, 4.69) is 5.32 Å². The molecule has 116 valence electrons. The van der Waals surface area contributed by atoms with Crippen molar-refractivity contribution in [3.8, 4) is 0 Å². The maximum absolute atomic E-state index is 13.5. The number of halogens is 2. The quantitative estimate of drug-likeness (QED) is 0.890. The van der Waals surface area contributed by atoms with Crippen LogP contribution < -0.4 is 5.32 Å². The minimum absolute atomic E-state index is 0.148. The second-order valence-corrected chi connectivity index (χ2v) is 5.27. The van der Waals surface area contributed by atoms with Crippen LogP contribution in [0.5, 0.6) is 0 Å². The van der Waals surface area contributed by atoms with Gasteiger partial charge >= 0.3 is 0 Å². The van der Waals surface area contributed by atoms with Crippen molar-refractivity contribution in [3.05, 3.63) is 35.4 Å². The summed E-state index contributed by atoms with van der Waals surface area (Å²) in [6.07, 6.45) is 0.475. The minimum atomic E-state index is -0.677. The third-order valence-corrected chi connectivity index (χ3v) is 3.93. The van der Waals surface area contributed by atoms with Gasteiger partial charge in [0.05, 0.1) is 12.2 Å². The maximum Gasteiger partial charge on any atom is 0.223 e. The monoisotopic (exact) mass is 299 g/mol. The molecule has 1 aliphatic rings. The summed E-state index contributed by atoms with van der Waals surface area (Å²) in [5.74, 6) is -1.94. The molecule has 21 heavy (non-hydrogen) atoms. The van der Waals surface area contributed by atoms with Gasteiger partial charge in [-0.1, -0.05) is 6.07 Å². The van der Waals surface area contributed by atoms with E-state index in [9.17, 15) is 18.7 Å². The van der Waals surface area contributed by atoms with Gasteiger partial charge in [0.2, 0.25) is 5.91 Å². The highest BCUT2D eigenvalue weighted by atomic mass is 19.1. The summed E-state index contributed by atoms with van der Waals surface area (Å²) >= 11 is 0. The smallest absolute Gasteiger partial charge is 0.223 e. The van der Waals surface area contributed by atoms with E-state index < -0.39 is 17.7 Å². The van der Waals surface area contributed by atoms with Crippen LogP contribution in [0.15, 0.2) is 18.2 Å². The number of carbonyl (C=O) groups is 1. The second-order valence-electron chi connectivity index (χ2n) is 5.27. The van der Waals surface area contributed by atoms with E-state index in [1.807, 2.05) is 0 Å². The Labute approximate surface area is 122 Å². The van der Waals surface area contributed by atoms with E-state index >= 15 is 0 Å². The van der Waals surface area contributed by atoms with E-state index in [4.69, 9.17) is 4.74 Å². The molecule has 1 aromatic rings. The van der Waals surface area contributed by atoms with E-state index in [1.54, 1.807) is 0 Å². The number of benzene rings is 1. The molecule has 1 aromatic carbocycles. The van der Waals surface area contributed by atoms with Gasteiger partial charge in [-0.25, -0.2) is 8.78 Å². The number of amides is 1. The van der Waals surface area contributed by atoms with Crippen LogP contribution >= 0.6 is 0 Å². The first-order valence-corrected chi connectivity index (χ1v) is 6.94. The van der Waals surface area contributed by atoms with E-state index in [-0.39, 0.29) is 30.0 Å². The lowest BCUT2D eigenvalue weighted by Gasteiger charge is -2.31. The maximum atomic E-state index is 13.5. The summed E-state index contributed by atoms with van der Waals surface area (Å²) in [5, 5.41) is 12.2. The molecule has 0 aliphatic heterocycles. The molecular weight excluding hydrogens is 280 g/mol. The highest BCUT2D eigenvalue weighted by molar-refractivity contribution is 5.78. The van der Waals surface area contributed by atoms with Crippen LogP contribution in [-0.2, 0) is 16.1 Å². The molecule has 0 bridgehead atoms. The van der Waals surface area contributed by atoms with Gasteiger partial charge in [0.15, 0.2) is 0 Å². The topological polar surface area (TPSA) is 58.6 Å². The lowest BCUT2D eigenvalue weighted by atomic mass is 9.84. The number of hydrogen-bond acceptors (Lipinski definition) is 3. The summed E-state index contributed by atoms with van der Waals surface area (Å²) in [6, 6.07) is 3.59. The van der Waals surface area contributed by atoms with Crippen molar-refractivity contribution < 1.29 is 23.4 Å². The van der Waals surface area contributed by atoms with Crippen molar-refractivity contribution in [1.82, 2.24) is 5.32 Å². The van der Waals surface area contributed by atoms with Crippen LogP contribution in [0.25, 0.3) is 0 Å². The largest absolute Gasteiger partial charge is 0.390 e. The van der Waals surface area contributed by atoms with Crippen LogP contribution in [0.3, 0.4) is 0 Å². The van der Waals surface area contributed by atoms with Crippen LogP contribution in [0.1, 0.15) is 24.8 Å². The Morgan fingerprint density at radius 3 is 2.67 bits per heavy atom. The van der Waals surface area contributed by atoms with Crippen molar-refractivity contribution in [3.63, 3.8) is 0 Å². The molecule has 0 unspecified atom stereocenters. The summed E-state index contributed by atoms with van der Waals surface area (Å²) in [5.41, 5.74) is -0.148. The van der Waals surface area contributed by atoms with Gasteiger partial charge in [-0.15, -0.1) is 0 Å². The molecule has 6 heteroatoms. The molecule has 2 rings (SSSR count). The number of ether oxygens (including phenoxy) is 1. The second kappa shape index (κ2) is 6.95. The summed E-state index contributed by atoms with van der Waals surface area (Å²) in [6.45, 7) is -0.186. The van der Waals surface area contributed by atoms with E-state index in [0.717, 1.165) is 12.1 Å². The van der Waals surface area contributed by atoms with E-state index in [0.29, 0.717) is 19.3 Å². The molecular formula is C15H19F2NO3. The Morgan fingerprint density at radius 1 is 1.38 bits per heavy atom. The molecule has 0 spiro atoms. The predicted molar refractivity (Wildman–Crippen MR) is 72.3 cm³/mol. The van der Waals surface area contributed by atoms with Gasteiger partial charge in [0.25, 0.3) is 0 Å². The zero-order valence-electron chi connectivity index (χ0n) is 11.8. The number of rotatable bonds is 4. The standard InChI is InChI=1S/C15H19F2NO3/c1-21-14-7-9(5-6-13(14)19)15(20)18-8-10-11(16)3-2-4-12(10)17/h2-4,9,13-14,19H,5-8H2,1H3,(H,18,20)/t9-,13+,14-/m1/s1. The van der Waals surface area contributed by atoms with Gasteiger partial charge in [-0.3, -0.25) is 4.79 Å². The van der Waals surface area contributed by atoms with Crippen molar-refractivity contribution in [2.45, 2.75) is 38.0 Å². The number of nitrogens with one attached hydrogen (secondary N) is 1.